The number of benzene rings is 2. The first kappa shape index (κ1) is 16.8. The van der Waals surface area contributed by atoms with Crippen LogP contribution < -0.4 is 5.32 Å². The molecule has 120 valence electrons. The maximum atomic E-state index is 12.0. The summed E-state index contributed by atoms with van der Waals surface area (Å²) in [6.07, 6.45) is -1.01. The van der Waals surface area contributed by atoms with Crippen molar-refractivity contribution >= 4 is 29.2 Å². The second kappa shape index (κ2) is 7.15. The lowest BCUT2D eigenvalue weighted by Crippen LogP contribution is -2.30. The van der Waals surface area contributed by atoms with E-state index in [1.54, 1.807) is 37.3 Å². The van der Waals surface area contributed by atoms with Gasteiger partial charge in [0.05, 0.1) is 0 Å². The van der Waals surface area contributed by atoms with E-state index in [4.69, 9.17) is 16.3 Å². The maximum absolute atomic E-state index is 12.0. The van der Waals surface area contributed by atoms with Crippen molar-refractivity contribution in [1.29, 1.82) is 0 Å². The topological polar surface area (TPSA) is 75.6 Å². The summed E-state index contributed by atoms with van der Waals surface area (Å²) in [6, 6.07) is 11.1. The van der Waals surface area contributed by atoms with Crippen LogP contribution in [-0.2, 0) is 9.53 Å². The van der Waals surface area contributed by atoms with Gasteiger partial charge in [-0.1, -0.05) is 17.7 Å². The fourth-order valence-corrected chi connectivity index (χ4v) is 1.99. The first-order valence-electron chi connectivity index (χ1n) is 6.94. The van der Waals surface area contributed by atoms with Crippen molar-refractivity contribution in [2.24, 2.45) is 0 Å². The Morgan fingerprint density at radius 1 is 1.17 bits per heavy atom. The van der Waals surface area contributed by atoms with Gasteiger partial charge in [0.15, 0.2) is 6.10 Å². The molecule has 2 aromatic carbocycles. The predicted molar refractivity (Wildman–Crippen MR) is 87.8 cm³/mol. The zero-order chi connectivity index (χ0) is 17.0. The fraction of sp³-hybridized carbons (Fsp3) is 0.176. The number of ether oxygens (including phenoxy) is 1. The molecule has 0 bridgehead atoms. The largest absolute Gasteiger partial charge is 0.507 e. The van der Waals surface area contributed by atoms with E-state index in [1.807, 2.05) is 0 Å². The Labute approximate surface area is 138 Å². The van der Waals surface area contributed by atoms with E-state index in [1.165, 1.54) is 19.1 Å². The predicted octanol–water partition coefficient (Wildman–Crippen LogP) is 3.54. The van der Waals surface area contributed by atoms with E-state index in [0.29, 0.717) is 10.7 Å². The maximum Gasteiger partial charge on any atom is 0.342 e. The van der Waals surface area contributed by atoms with Crippen LogP contribution in [0.1, 0.15) is 22.8 Å². The van der Waals surface area contributed by atoms with Crippen LogP contribution in [0.3, 0.4) is 0 Å². The van der Waals surface area contributed by atoms with Crippen LogP contribution in [0.15, 0.2) is 42.5 Å². The highest BCUT2D eigenvalue weighted by Crippen LogP contribution is 2.20. The molecule has 0 spiro atoms. The van der Waals surface area contributed by atoms with Crippen molar-refractivity contribution in [3.8, 4) is 5.75 Å². The van der Waals surface area contributed by atoms with Crippen LogP contribution in [-0.4, -0.2) is 23.1 Å². The number of halogens is 1. The SMILES string of the molecule is Cc1ccc(C(=O)OC(C)C(=O)Nc2ccc(Cl)cc2)c(O)c1. The zero-order valence-corrected chi connectivity index (χ0v) is 13.4. The van der Waals surface area contributed by atoms with Crippen molar-refractivity contribution in [1.82, 2.24) is 0 Å². The third-order valence-corrected chi connectivity index (χ3v) is 3.39. The van der Waals surface area contributed by atoms with Crippen LogP contribution in [0.2, 0.25) is 5.02 Å². The Morgan fingerprint density at radius 3 is 2.43 bits per heavy atom. The summed E-state index contributed by atoms with van der Waals surface area (Å²) >= 11 is 5.77. The number of aromatic hydroxyl groups is 1. The molecule has 1 amide bonds. The van der Waals surface area contributed by atoms with Gasteiger partial charge in [-0.2, -0.15) is 0 Å². The lowest BCUT2D eigenvalue weighted by molar-refractivity contribution is -0.123. The number of hydrogen-bond acceptors (Lipinski definition) is 4. The molecular weight excluding hydrogens is 318 g/mol. The number of rotatable bonds is 4. The summed E-state index contributed by atoms with van der Waals surface area (Å²) in [5, 5.41) is 12.9. The number of carbonyl (C=O) groups excluding carboxylic acids is 2. The van der Waals surface area contributed by atoms with E-state index in [9.17, 15) is 14.7 Å². The number of amides is 1. The van der Waals surface area contributed by atoms with Crippen molar-refractivity contribution in [2.75, 3.05) is 5.32 Å². The lowest BCUT2D eigenvalue weighted by atomic mass is 10.1. The standard InChI is InChI=1S/C17H16ClNO4/c1-10-3-8-14(15(20)9-10)17(22)23-11(2)16(21)19-13-6-4-12(18)5-7-13/h3-9,11,20H,1-2H3,(H,19,21). The zero-order valence-electron chi connectivity index (χ0n) is 12.7. The Hall–Kier alpha value is -2.53. The second-order valence-corrected chi connectivity index (χ2v) is 5.50. The van der Waals surface area contributed by atoms with Crippen molar-refractivity contribution in [3.63, 3.8) is 0 Å². The summed E-state index contributed by atoms with van der Waals surface area (Å²) in [4.78, 5) is 24.0. The number of hydrogen-bond donors (Lipinski definition) is 2. The summed E-state index contributed by atoms with van der Waals surface area (Å²) < 4.78 is 5.08. The van der Waals surface area contributed by atoms with Gasteiger partial charge in [0, 0.05) is 10.7 Å². The average molecular weight is 334 g/mol. The van der Waals surface area contributed by atoms with E-state index in [2.05, 4.69) is 5.32 Å². The molecule has 0 saturated heterocycles. The van der Waals surface area contributed by atoms with Gasteiger partial charge in [-0.15, -0.1) is 0 Å². The number of nitrogens with one attached hydrogen (secondary N) is 1. The smallest absolute Gasteiger partial charge is 0.342 e. The molecule has 0 heterocycles. The van der Waals surface area contributed by atoms with Crippen LogP contribution in [0.5, 0.6) is 5.75 Å². The molecule has 23 heavy (non-hydrogen) atoms. The molecule has 1 atom stereocenters. The van der Waals surface area contributed by atoms with E-state index in [0.717, 1.165) is 5.56 Å². The van der Waals surface area contributed by atoms with Gasteiger partial charge in [0.2, 0.25) is 0 Å². The molecule has 6 heteroatoms. The molecule has 0 radical (unpaired) electrons. The minimum Gasteiger partial charge on any atom is -0.507 e. The minimum absolute atomic E-state index is 0.0155. The quantitative estimate of drug-likeness (QED) is 0.839. The summed E-state index contributed by atoms with van der Waals surface area (Å²) in [6.45, 7) is 3.24. The Kier molecular flexibility index (Phi) is 5.24. The van der Waals surface area contributed by atoms with Crippen molar-refractivity contribution in [2.45, 2.75) is 20.0 Å². The third kappa shape index (κ3) is 4.47. The molecule has 0 saturated carbocycles. The number of esters is 1. The summed E-state index contributed by atoms with van der Waals surface area (Å²) in [5.41, 5.74) is 1.37. The molecule has 1 unspecified atom stereocenters. The lowest BCUT2D eigenvalue weighted by Gasteiger charge is -2.14. The normalized spacial score (nSPS) is 11.6. The molecule has 2 rings (SSSR count). The van der Waals surface area contributed by atoms with Crippen molar-refractivity contribution in [3.05, 3.63) is 58.6 Å². The third-order valence-electron chi connectivity index (χ3n) is 3.14. The highest BCUT2D eigenvalue weighted by atomic mass is 35.5. The Morgan fingerprint density at radius 2 is 1.83 bits per heavy atom. The van der Waals surface area contributed by atoms with Crippen LogP contribution in [0, 0.1) is 6.92 Å². The molecule has 0 aliphatic heterocycles. The number of carbonyl (C=O) groups is 2. The molecule has 0 aliphatic rings. The van der Waals surface area contributed by atoms with E-state index >= 15 is 0 Å². The van der Waals surface area contributed by atoms with E-state index < -0.39 is 18.0 Å². The molecule has 5 nitrogen and oxygen atoms in total. The van der Waals surface area contributed by atoms with Gasteiger partial charge >= 0.3 is 5.97 Å². The highest BCUT2D eigenvalue weighted by Gasteiger charge is 2.21. The number of phenols is 1. The summed E-state index contributed by atoms with van der Waals surface area (Å²) in [5.74, 6) is -1.42. The van der Waals surface area contributed by atoms with Crippen LogP contribution >= 0.6 is 11.6 Å². The Bertz CT molecular complexity index is 728. The number of aryl methyl sites for hydroxylation is 1. The van der Waals surface area contributed by atoms with Gasteiger partial charge in [-0.05, 0) is 55.8 Å². The molecule has 0 fully saturated rings. The van der Waals surface area contributed by atoms with Gasteiger partial charge in [0.1, 0.15) is 11.3 Å². The van der Waals surface area contributed by atoms with Crippen LogP contribution in [0.25, 0.3) is 0 Å². The van der Waals surface area contributed by atoms with Gasteiger partial charge in [-0.25, -0.2) is 4.79 Å². The fourth-order valence-electron chi connectivity index (χ4n) is 1.87. The summed E-state index contributed by atoms with van der Waals surface area (Å²) in [7, 11) is 0. The van der Waals surface area contributed by atoms with Gasteiger partial charge in [0.25, 0.3) is 5.91 Å². The first-order valence-corrected chi connectivity index (χ1v) is 7.31. The first-order chi connectivity index (χ1) is 10.9. The molecule has 2 N–H and O–H groups in total. The molecule has 2 aromatic rings. The molecule has 0 aliphatic carbocycles. The van der Waals surface area contributed by atoms with E-state index in [-0.39, 0.29) is 11.3 Å². The second-order valence-electron chi connectivity index (χ2n) is 5.06. The Balaban J connectivity index is 2.00. The average Bonchev–Trinajstić information content (AvgIpc) is 2.49. The molecule has 0 aromatic heterocycles. The molecular formula is C17H16ClNO4. The minimum atomic E-state index is -1.01. The van der Waals surface area contributed by atoms with Gasteiger partial charge < -0.3 is 15.2 Å². The highest BCUT2D eigenvalue weighted by molar-refractivity contribution is 6.30. The van der Waals surface area contributed by atoms with Gasteiger partial charge in [-0.3, -0.25) is 4.79 Å². The number of phenolic OH excluding ortho intramolecular Hbond substituents is 1. The monoisotopic (exact) mass is 333 g/mol. The number of anilines is 1. The van der Waals surface area contributed by atoms with Crippen molar-refractivity contribution < 1.29 is 19.4 Å². The van der Waals surface area contributed by atoms with Crippen LogP contribution in [0.4, 0.5) is 5.69 Å².